The van der Waals surface area contributed by atoms with Crippen molar-refractivity contribution in [2.45, 2.75) is 58.8 Å². The maximum atomic E-state index is 4.82. The maximum absolute atomic E-state index is 4.82. The lowest BCUT2D eigenvalue weighted by Gasteiger charge is -2.03. The molecule has 0 saturated carbocycles. The van der Waals surface area contributed by atoms with Crippen molar-refractivity contribution in [1.82, 2.24) is 0 Å². The highest BCUT2D eigenvalue weighted by molar-refractivity contribution is 5.83. The van der Waals surface area contributed by atoms with E-state index in [2.05, 4.69) is 19.0 Å². The predicted octanol–water partition coefficient (Wildman–Crippen LogP) is 3.76. The summed E-state index contributed by atoms with van der Waals surface area (Å²) < 4.78 is 0. The smallest absolute Gasteiger partial charge is 0.106 e. The summed E-state index contributed by atoms with van der Waals surface area (Å²) >= 11 is 0. The van der Waals surface area contributed by atoms with Gasteiger partial charge in [0, 0.05) is 0 Å². The third kappa shape index (κ3) is 7.82. The normalized spacial score (nSPS) is 11.8. The fraction of sp³-hybridized carbons (Fsp3) is 0.909. The highest BCUT2D eigenvalue weighted by Crippen LogP contribution is 2.07. The third-order valence-electron chi connectivity index (χ3n) is 2.11. The molecule has 2 nitrogen and oxygen atoms in total. The average Bonchev–Trinajstić information content (AvgIpc) is 2.14. The van der Waals surface area contributed by atoms with Crippen molar-refractivity contribution in [2.24, 2.45) is 5.16 Å². The van der Waals surface area contributed by atoms with Crippen molar-refractivity contribution in [3.05, 3.63) is 0 Å². The van der Waals surface area contributed by atoms with Crippen LogP contribution < -0.4 is 0 Å². The van der Waals surface area contributed by atoms with Gasteiger partial charge in [-0.15, -0.1) is 0 Å². The third-order valence-corrected chi connectivity index (χ3v) is 2.11. The molecule has 0 amide bonds. The van der Waals surface area contributed by atoms with Gasteiger partial charge in [0.05, 0.1) is 5.71 Å². The lowest BCUT2D eigenvalue weighted by atomic mass is 10.1. The van der Waals surface area contributed by atoms with Crippen molar-refractivity contribution in [3.63, 3.8) is 0 Å². The summed E-state index contributed by atoms with van der Waals surface area (Å²) in [6.45, 7) is 4.43. The highest BCUT2D eigenvalue weighted by Gasteiger charge is 1.99. The van der Waals surface area contributed by atoms with E-state index < -0.39 is 0 Å². The molecule has 13 heavy (non-hydrogen) atoms. The molecule has 0 N–H and O–H groups in total. The Labute approximate surface area is 82.4 Å². The second kappa shape index (κ2) is 9.56. The summed E-state index contributed by atoms with van der Waals surface area (Å²) in [5.41, 5.74) is 1.23. The number of unbranched alkanes of at least 4 members (excludes halogenated alkanes) is 3. The molecule has 0 heterocycles. The van der Waals surface area contributed by atoms with E-state index in [-0.39, 0.29) is 0 Å². The standard InChI is InChI=1S/C11H23NO/c1-4-6-8-10-11(12-13-3)9-7-5-2/h4-10H2,1-3H3. The summed E-state index contributed by atoms with van der Waals surface area (Å²) in [4.78, 5) is 4.82. The lowest BCUT2D eigenvalue weighted by molar-refractivity contribution is 0.211. The van der Waals surface area contributed by atoms with Gasteiger partial charge in [-0.2, -0.15) is 0 Å². The zero-order valence-corrected chi connectivity index (χ0v) is 9.31. The van der Waals surface area contributed by atoms with E-state index in [9.17, 15) is 0 Å². The van der Waals surface area contributed by atoms with Crippen LogP contribution in [-0.4, -0.2) is 12.8 Å². The van der Waals surface area contributed by atoms with E-state index >= 15 is 0 Å². The Hall–Kier alpha value is -0.530. The minimum absolute atomic E-state index is 1.11. The molecule has 0 aromatic carbocycles. The molecule has 0 saturated heterocycles. The summed E-state index contributed by atoms with van der Waals surface area (Å²) in [7, 11) is 1.63. The quantitative estimate of drug-likeness (QED) is 0.320. The molecule has 0 aliphatic rings. The van der Waals surface area contributed by atoms with Crippen LogP contribution in [0.2, 0.25) is 0 Å². The van der Waals surface area contributed by atoms with Crippen molar-refractivity contribution in [1.29, 1.82) is 0 Å². The Morgan fingerprint density at radius 3 is 2.15 bits per heavy atom. The summed E-state index contributed by atoms with van der Waals surface area (Å²) in [5.74, 6) is 0. The average molecular weight is 185 g/mol. The SMILES string of the molecule is CCCCCC(CCCC)=NOC. The van der Waals surface area contributed by atoms with Gasteiger partial charge in [-0.05, 0) is 25.7 Å². The van der Waals surface area contributed by atoms with Crippen molar-refractivity contribution in [2.75, 3.05) is 7.11 Å². The van der Waals surface area contributed by atoms with Crippen LogP contribution in [0.4, 0.5) is 0 Å². The zero-order valence-electron chi connectivity index (χ0n) is 9.31. The molecule has 0 aromatic rings. The van der Waals surface area contributed by atoms with Crippen molar-refractivity contribution < 1.29 is 4.84 Å². The molecule has 0 bridgehead atoms. The van der Waals surface area contributed by atoms with Crippen LogP contribution >= 0.6 is 0 Å². The van der Waals surface area contributed by atoms with E-state index in [1.54, 1.807) is 7.11 Å². The van der Waals surface area contributed by atoms with Crippen LogP contribution in [0.5, 0.6) is 0 Å². The molecule has 0 radical (unpaired) electrons. The number of hydrogen-bond donors (Lipinski definition) is 0. The van der Waals surface area contributed by atoms with Crippen molar-refractivity contribution in [3.8, 4) is 0 Å². The summed E-state index contributed by atoms with van der Waals surface area (Å²) in [6, 6.07) is 0. The van der Waals surface area contributed by atoms with Gasteiger partial charge in [0.25, 0.3) is 0 Å². The van der Waals surface area contributed by atoms with Crippen LogP contribution in [-0.2, 0) is 4.84 Å². The predicted molar refractivity (Wildman–Crippen MR) is 58.1 cm³/mol. The fourth-order valence-electron chi connectivity index (χ4n) is 1.31. The first-order chi connectivity index (χ1) is 6.35. The van der Waals surface area contributed by atoms with Gasteiger partial charge in [-0.25, -0.2) is 0 Å². The van der Waals surface area contributed by atoms with Crippen LogP contribution in [0, 0.1) is 0 Å². The zero-order chi connectivity index (χ0) is 9.94. The molecule has 0 fully saturated rings. The molecule has 0 atom stereocenters. The number of rotatable bonds is 8. The van der Waals surface area contributed by atoms with Crippen LogP contribution in [0.3, 0.4) is 0 Å². The minimum Gasteiger partial charge on any atom is -0.399 e. The van der Waals surface area contributed by atoms with Gasteiger partial charge < -0.3 is 4.84 Å². The van der Waals surface area contributed by atoms with Gasteiger partial charge >= 0.3 is 0 Å². The van der Waals surface area contributed by atoms with Gasteiger partial charge in [0.2, 0.25) is 0 Å². The molecule has 78 valence electrons. The summed E-state index contributed by atoms with van der Waals surface area (Å²) in [6.07, 6.45) is 8.51. The highest BCUT2D eigenvalue weighted by atomic mass is 16.6. The van der Waals surface area contributed by atoms with E-state index in [1.807, 2.05) is 0 Å². The Bertz CT molecular complexity index is 132. The van der Waals surface area contributed by atoms with Gasteiger partial charge in [-0.1, -0.05) is 38.3 Å². The molecule has 2 heteroatoms. The number of nitrogens with zero attached hydrogens (tertiary/aromatic N) is 1. The molecular weight excluding hydrogens is 162 g/mol. The molecule has 0 aliphatic heterocycles. The number of hydrogen-bond acceptors (Lipinski definition) is 2. The van der Waals surface area contributed by atoms with E-state index in [0.717, 1.165) is 12.8 Å². The van der Waals surface area contributed by atoms with Crippen LogP contribution in [0.1, 0.15) is 58.8 Å². The van der Waals surface area contributed by atoms with E-state index in [0.29, 0.717) is 0 Å². The van der Waals surface area contributed by atoms with E-state index in [4.69, 9.17) is 4.84 Å². The van der Waals surface area contributed by atoms with Gasteiger partial charge in [-0.3, -0.25) is 0 Å². The first-order valence-electron chi connectivity index (χ1n) is 5.44. The largest absolute Gasteiger partial charge is 0.399 e. The Morgan fingerprint density at radius 1 is 1.00 bits per heavy atom. The molecule has 0 rings (SSSR count). The first kappa shape index (κ1) is 12.5. The Morgan fingerprint density at radius 2 is 1.62 bits per heavy atom. The second-order valence-corrected chi connectivity index (χ2v) is 3.40. The second-order valence-electron chi connectivity index (χ2n) is 3.40. The molecule has 0 spiro atoms. The first-order valence-corrected chi connectivity index (χ1v) is 5.44. The van der Waals surface area contributed by atoms with Crippen LogP contribution in [0.25, 0.3) is 0 Å². The van der Waals surface area contributed by atoms with Gasteiger partial charge in [0.15, 0.2) is 0 Å². The van der Waals surface area contributed by atoms with E-state index in [1.165, 1.54) is 37.8 Å². The lowest BCUT2D eigenvalue weighted by Crippen LogP contribution is -1.99. The topological polar surface area (TPSA) is 21.6 Å². The monoisotopic (exact) mass is 185 g/mol. The molecular formula is C11H23NO. The van der Waals surface area contributed by atoms with Crippen LogP contribution in [0.15, 0.2) is 5.16 Å². The van der Waals surface area contributed by atoms with Gasteiger partial charge in [0.1, 0.15) is 7.11 Å². The summed E-state index contributed by atoms with van der Waals surface area (Å²) in [5, 5.41) is 4.05. The van der Waals surface area contributed by atoms with Crippen molar-refractivity contribution >= 4 is 5.71 Å². The molecule has 0 aromatic heterocycles. The molecule has 0 aliphatic carbocycles. The number of oxime groups is 1. The molecule has 0 unspecified atom stereocenters. The minimum atomic E-state index is 1.11. The fourth-order valence-corrected chi connectivity index (χ4v) is 1.31. The maximum Gasteiger partial charge on any atom is 0.106 e. The Balaban J connectivity index is 3.61. The Kier molecular flexibility index (Phi) is 9.17.